The summed E-state index contributed by atoms with van der Waals surface area (Å²) in [5.74, 6) is -1.25. The molecule has 1 aromatic heterocycles. The monoisotopic (exact) mass is 272 g/mol. The summed E-state index contributed by atoms with van der Waals surface area (Å²) in [4.78, 5) is 28.4. The third-order valence-corrected chi connectivity index (χ3v) is 3.37. The first-order valence-corrected chi connectivity index (χ1v) is 6.18. The van der Waals surface area contributed by atoms with Crippen molar-refractivity contribution in [2.24, 2.45) is 5.92 Å². The van der Waals surface area contributed by atoms with Crippen molar-refractivity contribution in [2.75, 3.05) is 11.4 Å². The lowest BCUT2D eigenvalue weighted by atomic mass is 10.1. The molecule has 6 nitrogen and oxygen atoms in total. The summed E-state index contributed by atoms with van der Waals surface area (Å²) >= 11 is 0. The fourth-order valence-corrected chi connectivity index (χ4v) is 2.37. The second kappa shape index (κ2) is 4.80. The van der Waals surface area contributed by atoms with Crippen LogP contribution >= 0.6 is 0 Å². The molecule has 1 atom stereocenters. The second-order valence-corrected chi connectivity index (χ2v) is 4.63. The summed E-state index contributed by atoms with van der Waals surface area (Å²) in [5.41, 5.74) is 1.38. The van der Waals surface area contributed by atoms with Gasteiger partial charge < -0.3 is 14.4 Å². The van der Waals surface area contributed by atoms with Gasteiger partial charge in [0.15, 0.2) is 12.2 Å². The Balaban J connectivity index is 1.99. The molecule has 1 saturated heterocycles. The molecule has 0 saturated carbocycles. The van der Waals surface area contributed by atoms with Crippen molar-refractivity contribution in [1.82, 2.24) is 4.98 Å². The number of hydrogen-bond acceptors (Lipinski definition) is 4. The van der Waals surface area contributed by atoms with Crippen LogP contribution in [0.4, 0.5) is 5.69 Å². The summed E-state index contributed by atoms with van der Waals surface area (Å²) < 4.78 is 5.26. The molecular weight excluding hydrogens is 260 g/mol. The van der Waals surface area contributed by atoms with Crippen LogP contribution in [0.2, 0.25) is 0 Å². The largest absolute Gasteiger partial charge is 0.481 e. The van der Waals surface area contributed by atoms with Crippen molar-refractivity contribution in [3.05, 3.63) is 36.9 Å². The minimum absolute atomic E-state index is 0.0278. The van der Waals surface area contributed by atoms with Crippen molar-refractivity contribution < 1.29 is 19.1 Å². The number of aliphatic carboxylic acids is 1. The summed E-state index contributed by atoms with van der Waals surface area (Å²) in [5, 5.41) is 9.04. The zero-order chi connectivity index (χ0) is 14.1. The van der Waals surface area contributed by atoms with Crippen LogP contribution in [0.25, 0.3) is 11.3 Å². The highest BCUT2D eigenvalue weighted by atomic mass is 16.4. The number of hydrogen-bond donors (Lipinski definition) is 1. The molecule has 1 aliphatic rings. The van der Waals surface area contributed by atoms with Gasteiger partial charge in [0.1, 0.15) is 0 Å². The van der Waals surface area contributed by atoms with E-state index in [9.17, 15) is 9.59 Å². The van der Waals surface area contributed by atoms with Crippen molar-refractivity contribution >= 4 is 17.6 Å². The maximum absolute atomic E-state index is 12.0. The minimum Gasteiger partial charge on any atom is -0.481 e. The number of aromatic nitrogens is 1. The predicted molar refractivity (Wildman–Crippen MR) is 70.0 cm³/mol. The molecule has 0 bridgehead atoms. The number of benzene rings is 1. The zero-order valence-corrected chi connectivity index (χ0v) is 10.5. The van der Waals surface area contributed by atoms with Crippen LogP contribution in [-0.2, 0) is 9.59 Å². The normalized spacial score (nSPS) is 18.5. The molecule has 2 aromatic rings. The van der Waals surface area contributed by atoms with Crippen LogP contribution < -0.4 is 4.90 Å². The summed E-state index contributed by atoms with van der Waals surface area (Å²) in [7, 11) is 0. The highest BCUT2D eigenvalue weighted by Gasteiger charge is 2.36. The van der Waals surface area contributed by atoms with Gasteiger partial charge in [-0.05, 0) is 12.1 Å². The molecule has 102 valence electrons. The summed E-state index contributed by atoms with van der Waals surface area (Å²) in [6, 6.07) is 7.23. The first-order valence-electron chi connectivity index (χ1n) is 6.18. The predicted octanol–water partition coefficient (Wildman–Crippen LogP) is 1.78. The van der Waals surface area contributed by atoms with Gasteiger partial charge in [-0.25, -0.2) is 4.98 Å². The average molecular weight is 272 g/mol. The van der Waals surface area contributed by atoms with E-state index in [-0.39, 0.29) is 18.9 Å². The fraction of sp³-hybridized carbons (Fsp3) is 0.214. The Morgan fingerprint density at radius 2 is 2.20 bits per heavy atom. The van der Waals surface area contributed by atoms with E-state index in [1.807, 2.05) is 12.1 Å². The van der Waals surface area contributed by atoms with Gasteiger partial charge >= 0.3 is 5.97 Å². The van der Waals surface area contributed by atoms with E-state index >= 15 is 0 Å². The molecule has 0 aliphatic carbocycles. The zero-order valence-electron chi connectivity index (χ0n) is 10.5. The van der Waals surface area contributed by atoms with E-state index in [1.165, 1.54) is 11.3 Å². The lowest BCUT2D eigenvalue weighted by Gasteiger charge is -2.18. The van der Waals surface area contributed by atoms with E-state index < -0.39 is 11.9 Å². The third kappa shape index (κ3) is 2.05. The molecule has 1 aliphatic heterocycles. The average Bonchev–Trinajstić information content (AvgIpc) is 3.08. The van der Waals surface area contributed by atoms with E-state index in [0.717, 1.165) is 5.56 Å². The molecular formula is C14H12N2O4. The Kier molecular flexibility index (Phi) is 2.98. The maximum atomic E-state index is 12.0. The van der Waals surface area contributed by atoms with Crippen molar-refractivity contribution in [2.45, 2.75) is 6.42 Å². The van der Waals surface area contributed by atoms with E-state index in [4.69, 9.17) is 9.52 Å². The Morgan fingerprint density at radius 1 is 1.40 bits per heavy atom. The number of carboxylic acid groups (broad SMARTS) is 1. The van der Waals surface area contributed by atoms with Crippen LogP contribution in [0.3, 0.4) is 0 Å². The molecule has 1 amide bonds. The quantitative estimate of drug-likeness (QED) is 0.920. The number of amides is 1. The van der Waals surface area contributed by atoms with E-state index in [0.29, 0.717) is 11.4 Å². The molecule has 1 unspecified atom stereocenters. The minimum atomic E-state index is -0.946. The molecule has 3 rings (SSSR count). The number of carboxylic acids is 1. The van der Waals surface area contributed by atoms with Gasteiger partial charge in [0.05, 0.1) is 17.8 Å². The van der Waals surface area contributed by atoms with E-state index in [1.54, 1.807) is 18.3 Å². The lowest BCUT2D eigenvalue weighted by Crippen LogP contribution is -2.26. The topological polar surface area (TPSA) is 83.6 Å². The van der Waals surface area contributed by atoms with Gasteiger partial charge in [-0.2, -0.15) is 0 Å². The highest BCUT2D eigenvalue weighted by molar-refractivity contribution is 6.01. The molecule has 1 N–H and O–H groups in total. The van der Waals surface area contributed by atoms with Crippen LogP contribution in [0.1, 0.15) is 6.42 Å². The highest BCUT2D eigenvalue weighted by Crippen LogP contribution is 2.34. The SMILES string of the molecule is O=C(O)C1CC(=O)N(c2ccccc2-c2cnco2)C1. The lowest BCUT2D eigenvalue weighted by molar-refractivity contribution is -0.141. The van der Waals surface area contributed by atoms with Crippen LogP contribution in [0.5, 0.6) is 0 Å². The van der Waals surface area contributed by atoms with Crippen LogP contribution in [0, 0.1) is 5.92 Å². The van der Waals surface area contributed by atoms with Gasteiger partial charge in [0.25, 0.3) is 0 Å². The molecule has 6 heteroatoms. The van der Waals surface area contributed by atoms with E-state index in [2.05, 4.69) is 4.98 Å². The molecule has 2 heterocycles. The smallest absolute Gasteiger partial charge is 0.308 e. The van der Waals surface area contributed by atoms with Crippen LogP contribution in [0.15, 0.2) is 41.3 Å². The standard InChI is InChI=1S/C14H12N2O4/c17-13-5-9(14(18)19)7-16(13)11-4-2-1-3-10(11)12-6-15-8-20-12/h1-4,6,8-9H,5,7H2,(H,18,19). The molecule has 20 heavy (non-hydrogen) atoms. The Morgan fingerprint density at radius 3 is 2.85 bits per heavy atom. The number of rotatable bonds is 3. The van der Waals surface area contributed by atoms with Gasteiger partial charge in [-0.1, -0.05) is 12.1 Å². The fourth-order valence-electron chi connectivity index (χ4n) is 2.37. The van der Waals surface area contributed by atoms with Gasteiger partial charge in [-0.15, -0.1) is 0 Å². The summed E-state index contributed by atoms with van der Waals surface area (Å²) in [6.07, 6.45) is 2.91. The number of carbonyl (C=O) groups excluding carboxylic acids is 1. The molecule has 1 fully saturated rings. The molecule has 1 aromatic carbocycles. The van der Waals surface area contributed by atoms with Crippen molar-refractivity contribution in [3.63, 3.8) is 0 Å². The number of para-hydroxylation sites is 1. The first kappa shape index (κ1) is 12.4. The number of carbonyl (C=O) groups is 2. The van der Waals surface area contributed by atoms with Gasteiger partial charge in [0, 0.05) is 18.5 Å². The maximum Gasteiger partial charge on any atom is 0.308 e. The number of oxazole rings is 1. The first-order chi connectivity index (χ1) is 9.66. The Bertz CT molecular complexity index is 651. The number of nitrogens with zero attached hydrogens (tertiary/aromatic N) is 2. The molecule has 0 radical (unpaired) electrons. The second-order valence-electron chi connectivity index (χ2n) is 4.63. The molecule has 0 spiro atoms. The Labute approximate surface area is 114 Å². The van der Waals surface area contributed by atoms with Gasteiger partial charge in [-0.3, -0.25) is 9.59 Å². The van der Waals surface area contributed by atoms with Gasteiger partial charge in [0.2, 0.25) is 5.91 Å². The summed E-state index contributed by atoms with van der Waals surface area (Å²) in [6.45, 7) is 0.180. The number of anilines is 1. The van der Waals surface area contributed by atoms with Crippen LogP contribution in [-0.4, -0.2) is 28.5 Å². The van der Waals surface area contributed by atoms with Crippen molar-refractivity contribution in [3.8, 4) is 11.3 Å². The third-order valence-electron chi connectivity index (χ3n) is 3.37. The Hall–Kier alpha value is -2.63. The van der Waals surface area contributed by atoms with Crippen molar-refractivity contribution in [1.29, 1.82) is 0 Å².